The molecule has 0 bridgehead atoms. The van der Waals surface area contributed by atoms with E-state index in [9.17, 15) is 10.5 Å². The van der Waals surface area contributed by atoms with Crippen LogP contribution in [-0.2, 0) is 0 Å². The molecule has 1 saturated carbocycles. The summed E-state index contributed by atoms with van der Waals surface area (Å²) < 4.78 is -0.749. The van der Waals surface area contributed by atoms with E-state index in [2.05, 4.69) is 26.0 Å². The molecule has 3 atom stereocenters. The lowest BCUT2D eigenvalue weighted by atomic mass is 9.97. The number of aliphatic imine (C=N–C) groups is 1. The van der Waals surface area contributed by atoms with E-state index in [0.717, 1.165) is 29.9 Å². The zero-order chi connectivity index (χ0) is 19.0. The van der Waals surface area contributed by atoms with Gasteiger partial charge in [-0.05, 0) is 42.0 Å². The van der Waals surface area contributed by atoms with E-state index in [4.69, 9.17) is 22.3 Å². The van der Waals surface area contributed by atoms with Crippen molar-refractivity contribution in [3.05, 3.63) is 34.9 Å². The van der Waals surface area contributed by atoms with Crippen LogP contribution in [0.2, 0.25) is 5.02 Å². The largest absolute Gasteiger partial charge is 0.386 e. The van der Waals surface area contributed by atoms with Gasteiger partial charge >= 0.3 is 0 Å². The van der Waals surface area contributed by atoms with E-state index in [-0.39, 0.29) is 5.92 Å². The van der Waals surface area contributed by atoms with Crippen molar-refractivity contribution in [1.29, 1.82) is 10.5 Å². The molecule has 2 aliphatic rings. The topological polar surface area (TPSA) is 86.0 Å². The van der Waals surface area contributed by atoms with Gasteiger partial charge in [-0.15, -0.1) is 23.5 Å². The Hall–Kier alpha value is -1.34. The standard InChI is InChI=1S/C19H21ClN4S2/c1-3-8-25-19(26-9-4-2)18(12-22)15(13-6-5-7-14(20)10-13)17(18,11-21)16(23)24-19/h5-7,10,15H,3-4,8-9H2,1-2H3,(H2,23,24). The molecule has 1 heterocycles. The first-order chi connectivity index (χ1) is 12.5. The first kappa shape index (κ1) is 19.4. The molecule has 1 fully saturated rings. The SMILES string of the molecule is CCCSC1(SCCC)N=C(N)C2(C#N)C(c3cccc(Cl)c3)C12C#N. The Bertz CT molecular complexity index is 820. The third-order valence-corrected chi connectivity index (χ3v) is 8.89. The Kier molecular flexibility index (Phi) is 5.23. The van der Waals surface area contributed by atoms with Crippen molar-refractivity contribution in [3.63, 3.8) is 0 Å². The summed E-state index contributed by atoms with van der Waals surface area (Å²) in [5, 5.41) is 21.0. The van der Waals surface area contributed by atoms with Gasteiger partial charge in [0, 0.05) is 10.9 Å². The second-order valence-corrected chi connectivity index (χ2v) is 9.87. The fourth-order valence-corrected chi connectivity index (χ4v) is 7.45. The Morgan fingerprint density at radius 1 is 1.19 bits per heavy atom. The number of fused-ring (bicyclic) bond motifs is 1. The van der Waals surface area contributed by atoms with Crippen molar-refractivity contribution in [3.8, 4) is 12.1 Å². The molecule has 1 aromatic carbocycles. The van der Waals surface area contributed by atoms with Crippen molar-refractivity contribution in [2.75, 3.05) is 11.5 Å². The minimum absolute atomic E-state index is 0.290. The van der Waals surface area contributed by atoms with Gasteiger partial charge in [0.15, 0.2) is 4.20 Å². The number of hydrogen-bond donors (Lipinski definition) is 1. The second-order valence-electron chi connectivity index (χ2n) is 6.60. The van der Waals surface area contributed by atoms with Crippen LogP contribution in [0.5, 0.6) is 0 Å². The number of halogens is 1. The highest BCUT2D eigenvalue weighted by atomic mass is 35.5. The predicted molar refractivity (Wildman–Crippen MR) is 110 cm³/mol. The number of hydrogen-bond acceptors (Lipinski definition) is 6. The lowest BCUT2D eigenvalue weighted by molar-refractivity contribution is 0.563. The van der Waals surface area contributed by atoms with Crippen molar-refractivity contribution >= 4 is 41.0 Å². The second kappa shape index (κ2) is 7.00. The van der Waals surface area contributed by atoms with E-state index in [1.807, 2.05) is 18.2 Å². The molecule has 3 rings (SSSR count). The number of nitrogens with zero attached hydrogens (tertiary/aromatic N) is 3. The van der Waals surface area contributed by atoms with E-state index in [1.54, 1.807) is 29.6 Å². The number of benzene rings is 1. The van der Waals surface area contributed by atoms with E-state index < -0.39 is 15.0 Å². The van der Waals surface area contributed by atoms with E-state index >= 15 is 0 Å². The lowest BCUT2D eigenvalue weighted by Crippen LogP contribution is -2.32. The monoisotopic (exact) mass is 404 g/mol. The van der Waals surface area contributed by atoms with Crippen LogP contribution < -0.4 is 5.73 Å². The molecule has 2 N–H and O–H groups in total. The highest BCUT2D eigenvalue weighted by molar-refractivity contribution is 8.18. The molecule has 3 unspecified atom stereocenters. The average Bonchev–Trinajstić information content (AvgIpc) is 3.23. The first-order valence-corrected chi connectivity index (χ1v) is 11.1. The van der Waals surface area contributed by atoms with Crippen molar-refractivity contribution in [2.45, 2.75) is 36.8 Å². The summed E-state index contributed by atoms with van der Waals surface area (Å²) in [6, 6.07) is 12.3. The number of rotatable bonds is 7. The fraction of sp³-hybridized carbons (Fsp3) is 0.526. The van der Waals surface area contributed by atoms with Crippen LogP contribution in [0.15, 0.2) is 29.3 Å². The summed E-state index contributed by atoms with van der Waals surface area (Å²) in [4.78, 5) is 4.75. The third-order valence-electron chi connectivity index (χ3n) is 5.11. The lowest BCUT2D eigenvalue weighted by Gasteiger charge is -2.32. The van der Waals surface area contributed by atoms with Crippen molar-refractivity contribution in [1.82, 2.24) is 0 Å². The first-order valence-electron chi connectivity index (χ1n) is 8.71. The van der Waals surface area contributed by atoms with Gasteiger partial charge in [-0.3, -0.25) is 0 Å². The minimum Gasteiger partial charge on any atom is -0.386 e. The highest BCUT2D eigenvalue weighted by Gasteiger charge is 2.91. The summed E-state index contributed by atoms with van der Waals surface area (Å²) in [6.45, 7) is 4.20. The fourth-order valence-electron chi connectivity index (χ4n) is 4.03. The van der Waals surface area contributed by atoms with E-state index in [1.165, 1.54) is 0 Å². The minimum atomic E-state index is -1.08. The zero-order valence-electron chi connectivity index (χ0n) is 14.8. The third kappa shape index (κ3) is 2.32. The highest BCUT2D eigenvalue weighted by Crippen LogP contribution is 2.85. The quantitative estimate of drug-likeness (QED) is 0.661. The Morgan fingerprint density at radius 2 is 1.85 bits per heavy atom. The van der Waals surface area contributed by atoms with Crippen molar-refractivity contribution in [2.24, 2.45) is 21.6 Å². The molecular formula is C19H21ClN4S2. The molecule has 0 amide bonds. The molecule has 0 spiro atoms. The van der Waals surface area contributed by atoms with Crippen molar-refractivity contribution < 1.29 is 0 Å². The molecule has 4 nitrogen and oxygen atoms in total. The Morgan fingerprint density at radius 3 is 2.35 bits per heavy atom. The Balaban J connectivity index is 2.17. The van der Waals surface area contributed by atoms with E-state index in [0.29, 0.717) is 10.9 Å². The van der Waals surface area contributed by atoms with Gasteiger partial charge in [0.1, 0.15) is 16.7 Å². The zero-order valence-corrected chi connectivity index (χ0v) is 17.2. The molecule has 0 aromatic heterocycles. The number of amidine groups is 1. The maximum atomic E-state index is 10.3. The summed E-state index contributed by atoms with van der Waals surface area (Å²) in [5.74, 6) is 1.70. The molecule has 1 aliphatic heterocycles. The van der Waals surface area contributed by atoms with Crippen LogP contribution in [0.1, 0.15) is 38.2 Å². The molecule has 1 aliphatic carbocycles. The van der Waals surface area contributed by atoms with Crippen LogP contribution in [0, 0.1) is 33.5 Å². The normalized spacial score (nSPS) is 30.8. The van der Waals surface area contributed by atoms with Gasteiger partial charge in [0.2, 0.25) is 0 Å². The number of thioether (sulfide) groups is 2. The summed E-state index contributed by atoms with van der Waals surface area (Å²) in [6.07, 6.45) is 1.94. The van der Waals surface area contributed by atoms with Crippen LogP contribution >= 0.6 is 35.1 Å². The van der Waals surface area contributed by atoms with Crippen LogP contribution in [0.4, 0.5) is 0 Å². The average molecular weight is 405 g/mol. The van der Waals surface area contributed by atoms with Gasteiger partial charge in [0.05, 0.1) is 12.1 Å². The van der Waals surface area contributed by atoms with Gasteiger partial charge in [-0.2, -0.15) is 10.5 Å². The summed E-state index contributed by atoms with van der Waals surface area (Å²) >= 11 is 9.50. The van der Waals surface area contributed by atoms with Crippen LogP contribution in [-0.4, -0.2) is 21.5 Å². The maximum Gasteiger partial charge on any atom is 0.175 e. The summed E-state index contributed by atoms with van der Waals surface area (Å²) in [5.41, 5.74) is 5.17. The van der Waals surface area contributed by atoms with Crippen LogP contribution in [0.3, 0.4) is 0 Å². The molecular weight excluding hydrogens is 384 g/mol. The molecule has 1 aromatic rings. The molecule has 26 heavy (non-hydrogen) atoms. The van der Waals surface area contributed by atoms with Crippen LogP contribution in [0.25, 0.3) is 0 Å². The molecule has 0 radical (unpaired) electrons. The molecule has 7 heteroatoms. The van der Waals surface area contributed by atoms with Gasteiger partial charge in [0.25, 0.3) is 0 Å². The molecule has 0 saturated heterocycles. The summed E-state index contributed by atoms with van der Waals surface area (Å²) in [7, 11) is 0. The smallest absolute Gasteiger partial charge is 0.175 e. The maximum absolute atomic E-state index is 10.3. The molecule has 136 valence electrons. The van der Waals surface area contributed by atoms with Gasteiger partial charge in [-0.25, -0.2) is 4.99 Å². The van der Waals surface area contributed by atoms with Gasteiger partial charge in [-0.1, -0.05) is 37.6 Å². The Labute approximate surface area is 168 Å². The number of nitriles is 2. The number of nitrogens with two attached hydrogens (primary N) is 1. The van der Waals surface area contributed by atoms with Gasteiger partial charge < -0.3 is 5.73 Å². The predicted octanol–water partition coefficient (Wildman–Crippen LogP) is 4.77.